The molecule has 0 bridgehead atoms. The summed E-state index contributed by atoms with van der Waals surface area (Å²) in [5.41, 5.74) is 1.51. The van der Waals surface area contributed by atoms with Gasteiger partial charge in [0, 0.05) is 11.9 Å². The van der Waals surface area contributed by atoms with Crippen LogP contribution in [-0.2, 0) is 0 Å². The molecule has 0 saturated carbocycles. The molecule has 0 unspecified atom stereocenters. The molecule has 5 nitrogen and oxygen atoms in total. The molecule has 3 rings (SSSR count). The van der Waals surface area contributed by atoms with E-state index < -0.39 is 0 Å². The summed E-state index contributed by atoms with van der Waals surface area (Å²) in [7, 11) is 0. The first-order valence-corrected chi connectivity index (χ1v) is 8.50. The molecule has 0 spiro atoms. The van der Waals surface area contributed by atoms with Crippen LogP contribution >= 0.6 is 12.2 Å². The zero-order valence-corrected chi connectivity index (χ0v) is 15.0. The first-order valence-electron chi connectivity index (χ1n) is 8.09. The summed E-state index contributed by atoms with van der Waals surface area (Å²) < 4.78 is 5.78. The van der Waals surface area contributed by atoms with E-state index in [9.17, 15) is 0 Å². The average Bonchev–Trinajstić information content (AvgIpc) is 2.69. The highest BCUT2D eigenvalue weighted by Gasteiger charge is 2.04. The lowest BCUT2D eigenvalue weighted by Gasteiger charge is -2.09. The fraction of sp³-hybridized carbons (Fsp3) is 0.0500. The molecule has 0 aliphatic heterocycles. The van der Waals surface area contributed by atoms with Gasteiger partial charge in [-0.2, -0.15) is 0 Å². The van der Waals surface area contributed by atoms with Crippen LogP contribution < -0.4 is 15.4 Å². The monoisotopic (exact) mass is 362 g/mol. The van der Waals surface area contributed by atoms with E-state index in [1.54, 1.807) is 18.5 Å². The normalized spacial score (nSPS) is 10.5. The van der Waals surface area contributed by atoms with Crippen molar-refractivity contribution in [2.75, 3.05) is 5.32 Å². The molecule has 0 atom stereocenters. The van der Waals surface area contributed by atoms with Crippen molar-refractivity contribution in [2.45, 2.75) is 6.92 Å². The zero-order valence-electron chi connectivity index (χ0n) is 14.2. The molecular formula is C20H18N4OS. The van der Waals surface area contributed by atoms with Crippen molar-refractivity contribution >= 4 is 28.8 Å². The van der Waals surface area contributed by atoms with Crippen LogP contribution in [-0.4, -0.2) is 15.0 Å². The molecule has 26 heavy (non-hydrogen) atoms. The summed E-state index contributed by atoms with van der Waals surface area (Å²) in [5, 5.41) is 6.15. The van der Waals surface area contributed by atoms with E-state index in [1.807, 2.05) is 67.6 Å². The Morgan fingerprint density at radius 1 is 1.00 bits per heavy atom. The van der Waals surface area contributed by atoms with Crippen molar-refractivity contribution in [2.24, 2.45) is 0 Å². The predicted molar refractivity (Wildman–Crippen MR) is 108 cm³/mol. The standard InChI is InChI=1S/C20H18N4OS/c1-2-13-21-19(26)18-12-14-22-20(24-18)23-15-8-10-17(11-9-15)25-16-6-4-3-5-7-16/h2-14H,1H3,(H,21,26)(H,22,23,24)/b13-2+. The number of thiocarbonyl (C=S) groups is 1. The molecule has 6 heteroatoms. The number of allylic oxidation sites excluding steroid dienone is 1. The lowest BCUT2D eigenvalue weighted by atomic mass is 10.3. The Bertz CT molecular complexity index is 895. The lowest BCUT2D eigenvalue weighted by molar-refractivity contribution is 0.483. The van der Waals surface area contributed by atoms with Crippen LogP contribution in [0.2, 0.25) is 0 Å². The Morgan fingerprint density at radius 2 is 1.73 bits per heavy atom. The maximum Gasteiger partial charge on any atom is 0.227 e. The minimum absolute atomic E-state index is 0.476. The number of hydrogen-bond donors (Lipinski definition) is 2. The molecule has 0 fully saturated rings. The maximum absolute atomic E-state index is 5.78. The van der Waals surface area contributed by atoms with Crippen molar-refractivity contribution in [3.05, 3.63) is 84.8 Å². The van der Waals surface area contributed by atoms with Crippen molar-refractivity contribution in [1.82, 2.24) is 15.3 Å². The third-order valence-electron chi connectivity index (χ3n) is 3.36. The van der Waals surface area contributed by atoms with Gasteiger partial charge in [-0.1, -0.05) is 36.5 Å². The molecule has 0 radical (unpaired) electrons. The van der Waals surface area contributed by atoms with Crippen molar-refractivity contribution in [3.8, 4) is 11.5 Å². The third-order valence-corrected chi connectivity index (χ3v) is 3.69. The van der Waals surface area contributed by atoms with Crippen LogP contribution in [0.1, 0.15) is 12.6 Å². The van der Waals surface area contributed by atoms with E-state index in [0.717, 1.165) is 17.2 Å². The van der Waals surface area contributed by atoms with Crippen molar-refractivity contribution in [1.29, 1.82) is 0 Å². The van der Waals surface area contributed by atoms with Crippen LogP contribution in [0.5, 0.6) is 11.5 Å². The van der Waals surface area contributed by atoms with Gasteiger partial charge in [-0.15, -0.1) is 0 Å². The first kappa shape index (κ1) is 17.6. The van der Waals surface area contributed by atoms with Gasteiger partial charge in [0.05, 0.1) is 0 Å². The zero-order chi connectivity index (χ0) is 18.2. The van der Waals surface area contributed by atoms with E-state index in [4.69, 9.17) is 17.0 Å². The first-order chi connectivity index (χ1) is 12.7. The molecular weight excluding hydrogens is 344 g/mol. The van der Waals surface area contributed by atoms with E-state index in [1.165, 1.54) is 0 Å². The molecule has 0 aliphatic rings. The number of para-hydroxylation sites is 1. The van der Waals surface area contributed by atoms with Crippen molar-refractivity contribution < 1.29 is 4.74 Å². The number of rotatable bonds is 6. The predicted octanol–water partition coefficient (Wildman–Crippen LogP) is 4.81. The molecule has 0 amide bonds. The van der Waals surface area contributed by atoms with Gasteiger partial charge in [0.1, 0.15) is 22.2 Å². The van der Waals surface area contributed by atoms with Gasteiger partial charge in [-0.05, 0) is 55.6 Å². The lowest BCUT2D eigenvalue weighted by Crippen LogP contribution is -2.17. The smallest absolute Gasteiger partial charge is 0.227 e. The fourth-order valence-corrected chi connectivity index (χ4v) is 2.32. The van der Waals surface area contributed by atoms with E-state index >= 15 is 0 Å². The molecule has 1 aromatic heterocycles. The highest BCUT2D eigenvalue weighted by Crippen LogP contribution is 2.23. The Hall–Kier alpha value is -3.25. The Morgan fingerprint density at radius 3 is 2.46 bits per heavy atom. The summed E-state index contributed by atoms with van der Waals surface area (Å²) >= 11 is 5.29. The van der Waals surface area contributed by atoms with Gasteiger partial charge in [-0.3, -0.25) is 0 Å². The molecule has 130 valence electrons. The van der Waals surface area contributed by atoms with Crippen LogP contribution in [0.4, 0.5) is 11.6 Å². The van der Waals surface area contributed by atoms with E-state index in [0.29, 0.717) is 16.6 Å². The van der Waals surface area contributed by atoms with Gasteiger partial charge in [0.2, 0.25) is 5.95 Å². The second kappa shape index (κ2) is 8.73. The highest BCUT2D eigenvalue weighted by atomic mass is 32.1. The van der Waals surface area contributed by atoms with Crippen LogP contribution in [0.3, 0.4) is 0 Å². The quantitative estimate of drug-likeness (QED) is 0.614. The number of ether oxygens (including phenoxy) is 1. The van der Waals surface area contributed by atoms with Gasteiger partial charge in [0.15, 0.2) is 0 Å². The average molecular weight is 362 g/mol. The Kier molecular flexibility index (Phi) is 5.90. The number of anilines is 2. The van der Waals surface area contributed by atoms with Gasteiger partial charge >= 0.3 is 0 Å². The Balaban J connectivity index is 1.66. The summed E-state index contributed by atoms with van der Waals surface area (Å²) in [4.78, 5) is 9.19. The van der Waals surface area contributed by atoms with Gasteiger partial charge in [-0.25, -0.2) is 9.97 Å². The molecule has 2 N–H and O–H groups in total. The number of hydrogen-bond acceptors (Lipinski definition) is 5. The number of benzene rings is 2. The second-order valence-corrected chi connectivity index (χ2v) is 5.71. The molecule has 0 aliphatic carbocycles. The maximum atomic E-state index is 5.78. The summed E-state index contributed by atoms with van der Waals surface area (Å²) in [6.45, 7) is 1.91. The summed E-state index contributed by atoms with van der Waals surface area (Å²) in [5.74, 6) is 2.03. The Labute approximate surface area is 157 Å². The number of nitrogens with zero attached hydrogens (tertiary/aromatic N) is 2. The largest absolute Gasteiger partial charge is 0.457 e. The molecule has 2 aromatic carbocycles. The SMILES string of the molecule is C/C=C/NC(=S)c1ccnc(Nc2ccc(Oc3ccccc3)cc2)n1. The fourth-order valence-electron chi connectivity index (χ4n) is 2.14. The van der Waals surface area contributed by atoms with E-state index in [2.05, 4.69) is 20.6 Å². The van der Waals surface area contributed by atoms with Crippen LogP contribution in [0.25, 0.3) is 0 Å². The van der Waals surface area contributed by atoms with Crippen LogP contribution in [0.15, 0.2) is 79.1 Å². The number of nitrogens with one attached hydrogen (secondary N) is 2. The highest BCUT2D eigenvalue weighted by molar-refractivity contribution is 7.80. The van der Waals surface area contributed by atoms with E-state index in [-0.39, 0.29) is 0 Å². The second-order valence-electron chi connectivity index (χ2n) is 5.30. The minimum Gasteiger partial charge on any atom is -0.457 e. The van der Waals surface area contributed by atoms with Gasteiger partial charge < -0.3 is 15.4 Å². The molecule has 1 heterocycles. The molecule has 0 saturated heterocycles. The topological polar surface area (TPSA) is 59.1 Å². The minimum atomic E-state index is 0.476. The number of aromatic nitrogens is 2. The summed E-state index contributed by atoms with van der Waals surface area (Å²) in [6, 6.07) is 19.0. The summed E-state index contributed by atoms with van der Waals surface area (Å²) in [6.07, 6.45) is 5.30. The van der Waals surface area contributed by atoms with Gasteiger partial charge in [0.25, 0.3) is 0 Å². The third kappa shape index (κ3) is 4.87. The van der Waals surface area contributed by atoms with Crippen LogP contribution in [0, 0.1) is 0 Å². The molecule has 3 aromatic rings. The van der Waals surface area contributed by atoms with Crippen molar-refractivity contribution in [3.63, 3.8) is 0 Å².